The van der Waals surface area contributed by atoms with Crippen molar-refractivity contribution in [2.45, 2.75) is 40.2 Å². The molecule has 5 heteroatoms. The molecule has 0 aromatic carbocycles. The van der Waals surface area contributed by atoms with Gasteiger partial charge in [-0.15, -0.1) is 0 Å². The molecule has 0 saturated heterocycles. The van der Waals surface area contributed by atoms with Gasteiger partial charge in [-0.3, -0.25) is 0 Å². The lowest BCUT2D eigenvalue weighted by Gasteiger charge is -2.26. The van der Waals surface area contributed by atoms with E-state index in [2.05, 4.69) is 43.1 Å². The Kier molecular flexibility index (Phi) is 6.55. The molecular weight excluding hydrogens is 280 g/mol. The van der Waals surface area contributed by atoms with Gasteiger partial charge in [-0.2, -0.15) is 0 Å². The van der Waals surface area contributed by atoms with Gasteiger partial charge in [0.25, 0.3) is 0 Å². The van der Waals surface area contributed by atoms with Gasteiger partial charge >= 0.3 is 0 Å². The molecule has 1 heterocycles. The van der Waals surface area contributed by atoms with Gasteiger partial charge in [0.15, 0.2) is 0 Å². The summed E-state index contributed by atoms with van der Waals surface area (Å²) in [4.78, 5) is 7.19. The fraction of sp³-hybridized carbons (Fsp3) is 0.625. The van der Waals surface area contributed by atoms with Gasteiger partial charge in [0.2, 0.25) is 0 Å². The van der Waals surface area contributed by atoms with Gasteiger partial charge < -0.3 is 16.0 Å². The quantitative estimate of drug-likeness (QED) is 0.759. The highest BCUT2D eigenvalue weighted by Crippen LogP contribution is 2.21. The summed E-state index contributed by atoms with van der Waals surface area (Å²) >= 11 is 5.20. The fourth-order valence-electron chi connectivity index (χ4n) is 2.63. The highest BCUT2D eigenvalue weighted by Gasteiger charge is 2.17. The molecule has 1 aromatic heterocycles. The van der Waals surface area contributed by atoms with Gasteiger partial charge in [-0.05, 0) is 51.9 Å². The molecule has 21 heavy (non-hydrogen) atoms. The van der Waals surface area contributed by atoms with Crippen LogP contribution < -0.4 is 11.1 Å². The first-order valence-electron chi connectivity index (χ1n) is 7.40. The van der Waals surface area contributed by atoms with E-state index in [-0.39, 0.29) is 0 Å². The van der Waals surface area contributed by atoms with E-state index in [9.17, 15) is 0 Å². The maximum absolute atomic E-state index is 5.88. The fourth-order valence-corrected chi connectivity index (χ4v) is 2.89. The minimum atomic E-state index is 0.321. The first kappa shape index (κ1) is 17.9. The van der Waals surface area contributed by atoms with E-state index in [0.717, 1.165) is 35.6 Å². The molecule has 3 N–H and O–H groups in total. The number of likely N-dealkylation sites (N-methyl/N-ethyl adjacent to an activating group) is 1. The number of hydrogen-bond donors (Lipinski definition) is 2. The Hall–Kier alpha value is -1.20. The zero-order valence-electron chi connectivity index (χ0n) is 14.0. The summed E-state index contributed by atoms with van der Waals surface area (Å²) in [5.74, 6) is 1.43. The molecule has 0 aliphatic rings. The molecule has 1 atom stereocenters. The molecule has 0 bridgehead atoms. The third-order valence-electron chi connectivity index (χ3n) is 3.27. The number of aryl methyl sites for hydroxylation is 2. The van der Waals surface area contributed by atoms with Crippen LogP contribution in [0.25, 0.3) is 0 Å². The summed E-state index contributed by atoms with van der Waals surface area (Å²) in [6.07, 6.45) is 1.07. The van der Waals surface area contributed by atoms with Crippen molar-refractivity contribution in [2.24, 2.45) is 11.7 Å². The van der Waals surface area contributed by atoms with Crippen molar-refractivity contribution < 1.29 is 0 Å². The average molecular weight is 308 g/mol. The van der Waals surface area contributed by atoms with E-state index < -0.39 is 0 Å². The molecule has 1 aromatic rings. The second-order valence-electron chi connectivity index (χ2n) is 6.40. The van der Waals surface area contributed by atoms with Crippen molar-refractivity contribution in [1.82, 2.24) is 9.88 Å². The number of thiocarbonyl (C=S) groups is 1. The standard InChI is InChI=1S/C16H28N4S/c1-10(2)7-13(9-20(5)6)19-16-14(15(17)21)11(3)8-12(4)18-16/h8,10,13H,7,9H2,1-6H3,(H2,17,21)(H,18,19). The van der Waals surface area contributed by atoms with Crippen LogP contribution >= 0.6 is 12.2 Å². The second kappa shape index (κ2) is 7.71. The lowest BCUT2D eigenvalue weighted by Crippen LogP contribution is -2.34. The van der Waals surface area contributed by atoms with E-state index in [0.29, 0.717) is 16.9 Å². The molecule has 1 rings (SSSR count). The van der Waals surface area contributed by atoms with Gasteiger partial charge in [0, 0.05) is 18.3 Å². The van der Waals surface area contributed by atoms with E-state index in [1.165, 1.54) is 0 Å². The zero-order chi connectivity index (χ0) is 16.2. The molecule has 0 spiro atoms. The van der Waals surface area contributed by atoms with Gasteiger partial charge in [0.05, 0.1) is 5.56 Å². The Bertz CT molecular complexity index is 487. The summed E-state index contributed by atoms with van der Waals surface area (Å²) < 4.78 is 0. The Morgan fingerprint density at radius 2 is 2.00 bits per heavy atom. The van der Waals surface area contributed by atoms with E-state index in [4.69, 9.17) is 18.0 Å². The second-order valence-corrected chi connectivity index (χ2v) is 6.84. The third kappa shape index (κ3) is 5.59. The van der Waals surface area contributed by atoms with Gasteiger partial charge in [0.1, 0.15) is 10.8 Å². The maximum atomic E-state index is 5.88. The van der Waals surface area contributed by atoms with Crippen LogP contribution in [0.2, 0.25) is 0 Å². The number of hydrogen-bond acceptors (Lipinski definition) is 4. The predicted molar refractivity (Wildman–Crippen MR) is 95.0 cm³/mol. The highest BCUT2D eigenvalue weighted by atomic mass is 32.1. The van der Waals surface area contributed by atoms with Crippen LogP contribution in [0.3, 0.4) is 0 Å². The number of nitrogens with zero attached hydrogens (tertiary/aromatic N) is 2. The lowest BCUT2D eigenvalue weighted by atomic mass is 10.0. The van der Waals surface area contributed by atoms with Gasteiger partial charge in [-0.1, -0.05) is 26.1 Å². The van der Waals surface area contributed by atoms with Crippen LogP contribution in [-0.4, -0.2) is 41.6 Å². The van der Waals surface area contributed by atoms with Crippen LogP contribution in [0.15, 0.2) is 6.07 Å². The summed E-state index contributed by atoms with van der Waals surface area (Å²) in [6, 6.07) is 2.34. The number of anilines is 1. The molecular formula is C16H28N4S. The first-order chi connectivity index (χ1) is 9.70. The van der Waals surface area contributed by atoms with Crippen molar-refractivity contribution in [3.63, 3.8) is 0 Å². The summed E-state index contributed by atoms with van der Waals surface area (Å²) in [7, 11) is 4.16. The number of aromatic nitrogens is 1. The van der Waals surface area contributed by atoms with Gasteiger partial charge in [-0.25, -0.2) is 4.98 Å². The average Bonchev–Trinajstić information content (AvgIpc) is 2.24. The molecule has 118 valence electrons. The lowest BCUT2D eigenvalue weighted by molar-refractivity contribution is 0.356. The van der Waals surface area contributed by atoms with Crippen molar-refractivity contribution in [3.05, 3.63) is 22.9 Å². The normalized spacial score (nSPS) is 12.8. The van der Waals surface area contributed by atoms with Crippen LogP contribution in [0, 0.1) is 19.8 Å². The molecule has 0 radical (unpaired) electrons. The molecule has 0 saturated carbocycles. The minimum absolute atomic E-state index is 0.321. The first-order valence-corrected chi connectivity index (χ1v) is 7.80. The Labute approximate surface area is 134 Å². The smallest absolute Gasteiger partial charge is 0.137 e. The van der Waals surface area contributed by atoms with Crippen LogP contribution in [0.4, 0.5) is 5.82 Å². The summed E-state index contributed by atoms with van der Waals surface area (Å²) in [5.41, 5.74) is 8.80. The highest BCUT2D eigenvalue weighted by molar-refractivity contribution is 7.80. The molecule has 0 aliphatic carbocycles. The van der Waals surface area contributed by atoms with Crippen LogP contribution in [0.5, 0.6) is 0 Å². The minimum Gasteiger partial charge on any atom is -0.389 e. The number of nitrogens with one attached hydrogen (secondary N) is 1. The summed E-state index contributed by atoms with van der Waals surface area (Å²) in [5, 5.41) is 3.55. The third-order valence-corrected chi connectivity index (χ3v) is 3.48. The SMILES string of the molecule is Cc1cc(C)c(C(N)=S)c(NC(CC(C)C)CN(C)C)n1. The van der Waals surface area contributed by atoms with E-state index >= 15 is 0 Å². The number of nitrogens with two attached hydrogens (primary N) is 1. The Morgan fingerprint density at radius 3 is 2.48 bits per heavy atom. The van der Waals surface area contributed by atoms with Crippen molar-refractivity contribution in [2.75, 3.05) is 26.0 Å². The number of rotatable bonds is 7. The molecule has 4 nitrogen and oxygen atoms in total. The molecule has 1 unspecified atom stereocenters. The molecule has 0 amide bonds. The van der Waals surface area contributed by atoms with Crippen molar-refractivity contribution >= 4 is 23.0 Å². The number of pyridine rings is 1. The van der Waals surface area contributed by atoms with Crippen LogP contribution in [0.1, 0.15) is 37.1 Å². The van der Waals surface area contributed by atoms with E-state index in [1.54, 1.807) is 0 Å². The Morgan fingerprint density at radius 1 is 1.38 bits per heavy atom. The summed E-state index contributed by atoms with van der Waals surface area (Å²) in [6.45, 7) is 9.42. The monoisotopic (exact) mass is 308 g/mol. The Balaban J connectivity index is 3.09. The molecule has 0 fully saturated rings. The topological polar surface area (TPSA) is 54.2 Å². The largest absolute Gasteiger partial charge is 0.389 e. The van der Waals surface area contributed by atoms with Crippen molar-refractivity contribution in [1.29, 1.82) is 0 Å². The van der Waals surface area contributed by atoms with Crippen LogP contribution in [-0.2, 0) is 0 Å². The van der Waals surface area contributed by atoms with E-state index in [1.807, 2.05) is 19.9 Å². The van der Waals surface area contributed by atoms with Crippen molar-refractivity contribution in [3.8, 4) is 0 Å². The molecule has 0 aliphatic heterocycles. The maximum Gasteiger partial charge on any atom is 0.137 e. The zero-order valence-corrected chi connectivity index (χ0v) is 14.8. The predicted octanol–water partition coefficient (Wildman–Crippen LogP) is 2.72.